The molecule has 0 aliphatic heterocycles. The van der Waals surface area contributed by atoms with Crippen LogP contribution in [-0.4, -0.2) is 11.1 Å². The van der Waals surface area contributed by atoms with Gasteiger partial charge in [0.15, 0.2) is 0 Å². The van der Waals surface area contributed by atoms with Crippen molar-refractivity contribution in [2.24, 2.45) is 0 Å². The van der Waals surface area contributed by atoms with Crippen molar-refractivity contribution >= 4 is 5.97 Å². The molecule has 0 bridgehead atoms. The summed E-state index contributed by atoms with van der Waals surface area (Å²) in [4.78, 5) is 10.9. The summed E-state index contributed by atoms with van der Waals surface area (Å²) < 4.78 is 0. The van der Waals surface area contributed by atoms with Crippen LogP contribution >= 0.6 is 0 Å². The number of aliphatic carboxylic acids is 1. The molecule has 0 spiro atoms. The lowest BCUT2D eigenvalue weighted by molar-refractivity contribution is -0.132. The third-order valence-corrected chi connectivity index (χ3v) is 2.41. The highest BCUT2D eigenvalue weighted by Crippen LogP contribution is 2.10. The minimum Gasteiger partial charge on any atom is -0.478 e. The zero-order chi connectivity index (χ0) is 10.9. The summed E-state index contributed by atoms with van der Waals surface area (Å²) in [5, 5.41) is 8.93. The van der Waals surface area contributed by atoms with Gasteiger partial charge in [-0.15, -0.1) is 0 Å². The molecule has 0 radical (unpaired) electrons. The van der Waals surface area contributed by atoms with Gasteiger partial charge in [-0.2, -0.15) is 0 Å². The summed E-state index contributed by atoms with van der Waals surface area (Å²) in [6.07, 6.45) is 15.8. The third kappa shape index (κ3) is 5.21. The summed E-state index contributed by atoms with van der Waals surface area (Å²) in [6.45, 7) is 0. The summed E-state index contributed by atoms with van der Waals surface area (Å²) in [5.41, 5.74) is 0.550. The zero-order valence-corrected chi connectivity index (χ0v) is 8.98. The summed E-state index contributed by atoms with van der Waals surface area (Å²) >= 11 is 0. The standard InChI is InChI=1S/C13H18O2/c14-13(15)12-10-8-6-4-2-1-3-5-7-9-11-12/h2,4-5,7,10H,1,3,6,8-9,11H2,(H,14,15)/b4-2-,7-5-,12-10+. The van der Waals surface area contributed by atoms with Crippen LogP contribution in [0.4, 0.5) is 0 Å². The van der Waals surface area contributed by atoms with Crippen LogP contribution < -0.4 is 0 Å². The zero-order valence-electron chi connectivity index (χ0n) is 8.98. The summed E-state index contributed by atoms with van der Waals surface area (Å²) in [6, 6.07) is 0. The molecule has 2 nitrogen and oxygen atoms in total. The van der Waals surface area contributed by atoms with Crippen molar-refractivity contribution in [1.82, 2.24) is 0 Å². The molecule has 82 valence electrons. The predicted molar refractivity (Wildman–Crippen MR) is 61.7 cm³/mol. The van der Waals surface area contributed by atoms with Gasteiger partial charge in [-0.05, 0) is 38.5 Å². The first-order valence-corrected chi connectivity index (χ1v) is 5.53. The van der Waals surface area contributed by atoms with Crippen LogP contribution in [0.5, 0.6) is 0 Å². The number of hydrogen-bond acceptors (Lipinski definition) is 1. The molecule has 1 aliphatic carbocycles. The third-order valence-electron chi connectivity index (χ3n) is 2.41. The second kappa shape index (κ2) is 7.04. The fourth-order valence-corrected chi connectivity index (χ4v) is 1.55. The van der Waals surface area contributed by atoms with E-state index in [1.807, 2.05) is 6.08 Å². The molecular weight excluding hydrogens is 188 g/mol. The first kappa shape index (κ1) is 11.8. The highest BCUT2D eigenvalue weighted by Gasteiger charge is 2.04. The molecule has 0 saturated heterocycles. The molecule has 1 aliphatic rings. The van der Waals surface area contributed by atoms with E-state index in [2.05, 4.69) is 24.3 Å². The number of rotatable bonds is 1. The monoisotopic (exact) mass is 206 g/mol. The average molecular weight is 206 g/mol. The molecule has 0 aromatic carbocycles. The van der Waals surface area contributed by atoms with Crippen molar-refractivity contribution in [3.05, 3.63) is 36.0 Å². The van der Waals surface area contributed by atoms with Crippen LogP contribution in [0.25, 0.3) is 0 Å². The Kier molecular flexibility index (Phi) is 5.52. The molecule has 1 rings (SSSR count). The van der Waals surface area contributed by atoms with Crippen molar-refractivity contribution in [1.29, 1.82) is 0 Å². The first-order chi connectivity index (χ1) is 7.30. The Hall–Kier alpha value is -1.31. The van der Waals surface area contributed by atoms with Gasteiger partial charge in [-0.3, -0.25) is 0 Å². The van der Waals surface area contributed by atoms with E-state index < -0.39 is 5.97 Å². The van der Waals surface area contributed by atoms with Crippen molar-refractivity contribution in [2.45, 2.75) is 38.5 Å². The fraction of sp³-hybridized carbons (Fsp3) is 0.462. The van der Waals surface area contributed by atoms with Gasteiger partial charge in [0.2, 0.25) is 0 Å². The van der Waals surface area contributed by atoms with Crippen LogP contribution in [-0.2, 0) is 4.79 Å². The maximum Gasteiger partial charge on any atom is 0.331 e. The summed E-state index contributed by atoms with van der Waals surface area (Å²) in [7, 11) is 0. The molecule has 0 aromatic rings. The second-order valence-electron chi connectivity index (χ2n) is 3.67. The van der Waals surface area contributed by atoms with Crippen LogP contribution in [0.15, 0.2) is 36.0 Å². The largest absolute Gasteiger partial charge is 0.478 e. The van der Waals surface area contributed by atoms with Crippen LogP contribution in [0, 0.1) is 0 Å². The van der Waals surface area contributed by atoms with Crippen LogP contribution in [0.2, 0.25) is 0 Å². The Bertz CT molecular complexity index is 285. The topological polar surface area (TPSA) is 37.3 Å². The van der Waals surface area contributed by atoms with Crippen molar-refractivity contribution in [3.8, 4) is 0 Å². The molecule has 0 fully saturated rings. The van der Waals surface area contributed by atoms with Gasteiger partial charge in [0.05, 0.1) is 0 Å². The molecule has 0 aromatic heterocycles. The number of hydrogen-bond donors (Lipinski definition) is 1. The molecule has 0 saturated carbocycles. The lowest BCUT2D eigenvalue weighted by Gasteiger charge is -2.00. The number of carboxylic acid groups (broad SMARTS) is 1. The van der Waals surface area contributed by atoms with E-state index in [1.54, 1.807) is 0 Å². The SMILES string of the molecule is O=C(O)/C1=C/CC/C=C\CC/C=C\CC1. The average Bonchev–Trinajstić information content (AvgIpc) is 2.18. The smallest absolute Gasteiger partial charge is 0.331 e. The normalized spacial score (nSPS) is 26.5. The fourth-order valence-electron chi connectivity index (χ4n) is 1.55. The van der Waals surface area contributed by atoms with Crippen molar-refractivity contribution in [2.75, 3.05) is 0 Å². The highest BCUT2D eigenvalue weighted by atomic mass is 16.4. The molecule has 1 N–H and O–H groups in total. The van der Waals surface area contributed by atoms with Gasteiger partial charge >= 0.3 is 5.97 Å². The Morgan fingerprint density at radius 3 is 2.07 bits per heavy atom. The maximum absolute atomic E-state index is 10.9. The highest BCUT2D eigenvalue weighted by molar-refractivity contribution is 5.86. The van der Waals surface area contributed by atoms with E-state index >= 15 is 0 Å². The maximum atomic E-state index is 10.9. The number of allylic oxidation sites excluding steroid dienone is 5. The molecular formula is C13H18O2. The van der Waals surface area contributed by atoms with Gasteiger partial charge in [-0.25, -0.2) is 4.79 Å². The molecule has 0 atom stereocenters. The van der Waals surface area contributed by atoms with Crippen LogP contribution in [0.3, 0.4) is 0 Å². The Morgan fingerprint density at radius 2 is 1.47 bits per heavy atom. The van der Waals surface area contributed by atoms with Crippen LogP contribution in [0.1, 0.15) is 38.5 Å². The Balaban J connectivity index is 2.59. The van der Waals surface area contributed by atoms with Crippen molar-refractivity contribution in [3.63, 3.8) is 0 Å². The minimum absolute atomic E-state index is 0.550. The van der Waals surface area contributed by atoms with Gasteiger partial charge in [-0.1, -0.05) is 30.4 Å². The molecule has 2 heteroatoms. The van der Waals surface area contributed by atoms with Crippen molar-refractivity contribution < 1.29 is 9.90 Å². The molecule has 0 unspecified atom stereocenters. The number of carboxylic acids is 1. The lowest BCUT2D eigenvalue weighted by Crippen LogP contribution is -2.00. The molecule has 0 amide bonds. The first-order valence-electron chi connectivity index (χ1n) is 5.53. The van der Waals surface area contributed by atoms with E-state index in [1.165, 1.54) is 0 Å². The van der Waals surface area contributed by atoms with E-state index in [9.17, 15) is 4.79 Å². The second-order valence-corrected chi connectivity index (χ2v) is 3.67. The lowest BCUT2D eigenvalue weighted by atomic mass is 10.1. The minimum atomic E-state index is -0.774. The predicted octanol–water partition coefficient (Wildman–Crippen LogP) is 3.46. The quantitative estimate of drug-likeness (QED) is 0.667. The van der Waals surface area contributed by atoms with E-state index in [4.69, 9.17) is 5.11 Å². The molecule has 0 heterocycles. The van der Waals surface area contributed by atoms with E-state index in [0.717, 1.165) is 32.1 Å². The molecule has 15 heavy (non-hydrogen) atoms. The number of carbonyl (C=O) groups is 1. The van der Waals surface area contributed by atoms with E-state index in [0.29, 0.717) is 12.0 Å². The Labute approximate surface area is 91.0 Å². The van der Waals surface area contributed by atoms with Gasteiger partial charge in [0.1, 0.15) is 0 Å². The van der Waals surface area contributed by atoms with Gasteiger partial charge in [0.25, 0.3) is 0 Å². The summed E-state index contributed by atoms with van der Waals surface area (Å²) in [5.74, 6) is -0.774. The van der Waals surface area contributed by atoms with Gasteiger partial charge in [0, 0.05) is 5.57 Å². The Morgan fingerprint density at radius 1 is 0.933 bits per heavy atom. The van der Waals surface area contributed by atoms with E-state index in [-0.39, 0.29) is 0 Å². The van der Waals surface area contributed by atoms with Gasteiger partial charge < -0.3 is 5.11 Å².